The Balaban J connectivity index is 3.12. The molecule has 0 spiro atoms. The quantitative estimate of drug-likeness (QED) is 0.671. The zero-order chi connectivity index (χ0) is 8.27. The van der Waals surface area contributed by atoms with Gasteiger partial charge in [-0.2, -0.15) is 0 Å². The van der Waals surface area contributed by atoms with Crippen LogP contribution in [0, 0.1) is 0 Å². The first-order chi connectivity index (χ1) is 5.25. The van der Waals surface area contributed by atoms with Gasteiger partial charge in [0, 0.05) is 5.56 Å². The van der Waals surface area contributed by atoms with E-state index in [0.29, 0.717) is 11.3 Å². The van der Waals surface area contributed by atoms with E-state index >= 15 is 0 Å². The number of rotatable bonds is 2. The average Bonchev–Trinajstić information content (AvgIpc) is 2.04. The van der Waals surface area contributed by atoms with Gasteiger partial charge in [-0.3, -0.25) is 0 Å². The Morgan fingerprint density at radius 1 is 1.73 bits per heavy atom. The molecule has 0 fully saturated rings. The molecule has 1 atom stereocenters. The van der Waals surface area contributed by atoms with Gasteiger partial charge < -0.3 is 5.11 Å². The van der Waals surface area contributed by atoms with Crippen molar-refractivity contribution in [2.24, 2.45) is 0 Å². The second-order valence-electron chi connectivity index (χ2n) is 2.15. The second kappa shape index (κ2) is 3.21. The number of nitrogens with zero attached hydrogens (tertiary/aromatic N) is 3. The molecule has 4 nitrogen and oxygen atoms in total. The van der Waals surface area contributed by atoms with E-state index in [1.807, 2.05) is 0 Å². The molecule has 1 N–H and O–H groups in total. The minimum Gasteiger partial charge on any atom is -0.389 e. The summed E-state index contributed by atoms with van der Waals surface area (Å²) in [5.41, 5.74) is 1.23. The van der Waals surface area contributed by atoms with Crippen molar-refractivity contribution in [3.63, 3.8) is 0 Å². The van der Waals surface area contributed by atoms with Crippen molar-refractivity contribution in [3.8, 4) is 0 Å². The molecule has 58 valence electrons. The maximum atomic E-state index is 9.18. The van der Waals surface area contributed by atoms with Crippen LogP contribution < -0.4 is 0 Å². The van der Waals surface area contributed by atoms with E-state index in [0.717, 1.165) is 0 Å². The summed E-state index contributed by atoms with van der Waals surface area (Å²) in [6, 6.07) is 0. The molecule has 0 bridgehead atoms. The van der Waals surface area contributed by atoms with Gasteiger partial charge in [0.2, 0.25) is 0 Å². The standard InChI is InChI=1S/C7H9N3O/c1-3-7-6(5(2)11)4-8-10-9-7/h3-5,11H,1H2,2H3. The first-order valence-corrected chi connectivity index (χ1v) is 3.24. The summed E-state index contributed by atoms with van der Waals surface area (Å²) < 4.78 is 0. The van der Waals surface area contributed by atoms with Crippen LogP contribution in [0.15, 0.2) is 12.8 Å². The van der Waals surface area contributed by atoms with Crippen molar-refractivity contribution in [2.75, 3.05) is 0 Å². The Kier molecular flexibility index (Phi) is 2.28. The predicted molar refractivity (Wildman–Crippen MR) is 40.6 cm³/mol. The zero-order valence-corrected chi connectivity index (χ0v) is 6.23. The van der Waals surface area contributed by atoms with Crippen molar-refractivity contribution < 1.29 is 5.11 Å². The fraction of sp³-hybridized carbons (Fsp3) is 0.286. The SMILES string of the molecule is C=Cc1nnncc1C(C)O. The normalized spacial score (nSPS) is 12.5. The first-order valence-electron chi connectivity index (χ1n) is 3.24. The van der Waals surface area contributed by atoms with E-state index in [1.165, 1.54) is 12.3 Å². The molecule has 0 aromatic carbocycles. The highest BCUT2D eigenvalue weighted by Crippen LogP contribution is 2.13. The molecule has 0 saturated carbocycles. The van der Waals surface area contributed by atoms with Gasteiger partial charge >= 0.3 is 0 Å². The Hall–Kier alpha value is -1.29. The number of aromatic nitrogens is 3. The maximum absolute atomic E-state index is 9.18. The van der Waals surface area contributed by atoms with Crippen molar-refractivity contribution in [1.82, 2.24) is 15.4 Å². The summed E-state index contributed by atoms with van der Waals surface area (Å²) in [5.74, 6) is 0. The van der Waals surface area contributed by atoms with Crippen molar-refractivity contribution in [3.05, 3.63) is 24.0 Å². The first kappa shape index (κ1) is 7.81. The van der Waals surface area contributed by atoms with Crippen LogP contribution in [0.4, 0.5) is 0 Å². The van der Waals surface area contributed by atoms with Gasteiger partial charge in [0.05, 0.1) is 18.0 Å². The van der Waals surface area contributed by atoms with Gasteiger partial charge in [-0.1, -0.05) is 6.58 Å². The summed E-state index contributed by atoms with van der Waals surface area (Å²) in [6.07, 6.45) is 2.44. The summed E-state index contributed by atoms with van der Waals surface area (Å²) >= 11 is 0. The van der Waals surface area contributed by atoms with Crippen molar-refractivity contribution in [2.45, 2.75) is 13.0 Å². The van der Waals surface area contributed by atoms with Gasteiger partial charge in [-0.05, 0) is 18.2 Å². The lowest BCUT2D eigenvalue weighted by Crippen LogP contribution is -2.00. The molecule has 1 rings (SSSR count). The molecular formula is C7H9N3O. The largest absolute Gasteiger partial charge is 0.389 e. The van der Waals surface area contributed by atoms with E-state index in [1.54, 1.807) is 6.92 Å². The third kappa shape index (κ3) is 1.59. The Morgan fingerprint density at radius 3 is 2.91 bits per heavy atom. The lowest BCUT2D eigenvalue weighted by molar-refractivity contribution is 0.197. The monoisotopic (exact) mass is 151 g/mol. The van der Waals surface area contributed by atoms with E-state index in [-0.39, 0.29) is 0 Å². The van der Waals surface area contributed by atoms with Gasteiger partial charge in [-0.15, -0.1) is 10.2 Å². The minimum atomic E-state index is -0.578. The summed E-state index contributed by atoms with van der Waals surface area (Å²) in [5, 5.41) is 19.8. The molecule has 4 heteroatoms. The molecule has 1 heterocycles. The molecule has 0 aliphatic rings. The molecule has 1 unspecified atom stereocenters. The van der Waals surface area contributed by atoms with Crippen LogP contribution >= 0.6 is 0 Å². The summed E-state index contributed by atoms with van der Waals surface area (Å²) in [7, 11) is 0. The molecule has 11 heavy (non-hydrogen) atoms. The lowest BCUT2D eigenvalue weighted by Gasteiger charge is -2.04. The number of aliphatic hydroxyl groups excluding tert-OH is 1. The van der Waals surface area contributed by atoms with Crippen molar-refractivity contribution >= 4 is 6.08 Å². The molecule has 0 radical (unpaired) electrons. The minimum absolute atomic E-state index is 0.578. The second-order valence-corrected chi connectivity index (χ2v) is 2.15. The fourth-order valence-electron chi connectivity index (χ4n) is 0.766. The third-order valence-corrected chi connectivity index (χ3v) is 1.34. The topological polar surface area (TPSA) is 58.9 Å². The molecule has 0 aliphatic heterocycles. The maximum Gasteiger partial charge on any atom is 0.0943 e. The van der Waals surface area contributed by atoms with Gasteiger partial charge in [0.1, 0.15) is 0 Å². The molecule has 0 aliphatic carbocycles. The van der Waals surface area contributed by atoms with Crippen LogP contribution in [0.3, 0.4) is 0 Å². The van der Waals surface area contributed by atoms with Crippen LogP contribution in [0.5, 0.6) is 0 Å². The molecule has 1 aromatic heterocycles. The third-order valence-electron chi connectivity index (χ3n) is 1.34. The Morgan fingerprint density at radius 2 is 2.45 bits per heavy atom. The summed E-state index contributed by atoms with van der Waals surface area (Å²) in [6.45, 7) is 5.18. The number of aliphatic hydroxyl groups is 1. The van der Waals surface area contributed by atoms with E-state index in [2.05, 4.69) is 22.0 Å². The van der Waals surface area contributed by atoms with Crippen LogP contribution in [-0.4, -0.2) is 20.5 Å². The van der Waals surface area contributed by atoms with E-state index in [9.17, 15) is 5.11 Å². The lowest BCUT2D eigenvalue weighted by atomic mass is 10.1. The highest BCUT2D eigenvalue weighted by Gasteiger charge is 2.06. The van der Waals surface area contributed by atoms with Crippen LogP contribution in [0.25, 0.3) is 6.08 Å². The fourth-order valence-corrected chi connectivity index (χ4v) is 0.766. The Labute approximate surface area is 64.6 Å². The highest BCUT2D eigenvalue weighted by atomic mass is 16.3. The van der Waals surface area contributed by atoms with Gasteiger partial charge in [0.15, 0.2) is 0 Å². The molecule has 0 amide bonds. The average molecular weight is 151 g/mol. The van der Waals surface area contributed by atoms with Crippen LogP contribution in [0.1, 0.15) is 24.3 Å². The van der Waals surface area contributed by atoms with E-state index < -0.39 is 6.10 Å². The molecule has 1 aromatic rings. The zero-order valence-electron chi connectivity index (χ0n) is 6.23. The summed E-state index contributed by atoms with van der Waals surface area (Å²) in [4.78, 5) is 0. The van der Waals surface area contributed by atoms with Gasteiger partial charge in [-0.25, -0.2) is 0 Å². The van der Waals surface area contributed by atoms with Gasteiger partial charge in [0.25, 0.3) is 0 Å². The van der Waals surface area contributed by atoms with Crippen LogP contribution in [-0.2, 0) is 0 Å². The van der Waals surface area contributed by atoms with Crippen molar-refractivity contribution in [1.29, 1.82) is 0 Å². The van der Waals surface area contributed by atoms with E-state index in [4.69, 9.17) is 0 Å². The smallest absolute Gasteiger partial charge is 0.0943 e. The number of hydrogen-bond donors (Lipinski definition) is 1. The predicted octanol–water partition coefficient (Wildman–Crippen LogP) is 0.568. The Bertz CT molecular complexity index is 260. The van der Waals surface area contributed by atoms with Crippen LogP contribution in [0.2, 0.25) is 0 Å². The number of hydrogen-bond acceptors (Lipinski definition) is 4. The highest BCUT2D eigenvalue weighted by molar-refractivity contribution is 5.45. The molecular weight excluding hydrogens is 142 g/mol. The molecule has 0 saturated heterocycles.